The van der Waals surface area contributed by atoms with E-state index in [1.54, 1.807) is 0 Å². The molecule has 2 N–H and O–H groups in total. The third kappa shape index (κ3) is 3.93. The normalized spacial score (nSPS) is 12.4. The van der Waals surface area contributed by atoms with Crippen LogP contribution in [0.4, 0.5) is 0 Å². The molecule has 1 heterocycles. The Balaban J connectivity index is 1.94. The van der Waals surface area contributed by atoms with E-state index >= 15 is 0 Å². The highest BCUT2D eigenvalue weighted by Crippen LogP contribution is 2.11. The van der Waals surface area contributed by atoms with E-state index in [0.29, 0.717) is 0 Å². The first kappa shape index (κ1) is 13.2. The lowest BCUT2D eigenvalue weighted by Crippen LogP contribution is -2.25. The Morgan fingerprint density at radius 1 is 1.11 bits per heavy atom. The van der Waals surface area contributed by atoms with E-state index in [2.05, 4.69) is 52.1 Å². The van der Waals surface area contributed by atoms with E-state index in [4.69, 9.17) is 5.73 Å². The summed E-state index contributed by atoms with van der Waals surface area (Å²) in [6.45, 7) is 2.09. The summed E-state index contributed by atoms with van der Waals surface area (Å²) in [5.41, 5.74) is 9.76. The molecule has 0 saturated carbocycles. The largest absolute Gasteiger partial charge is 0.327 e. The summed E-state index contributed by atoms with van der Waals surface area (Å²) < 4.78 is 0.998. The van der Waals surface area contributed by atoms with Crippen molar-refractivity contribution in [1.29, 1.82) is 0 Å². The lowest BCUT2D eigenvalue weighted by molar-refractivity contribution is 0.654. The first-order valence-corrected chi connectivity index (χ1v) is 6.84. The van der Waals surface area contributed by atoms with Crippen molar-refractivity contribution in [3.8, 4) is 0 Å². The van der Waals surface area contributed by atoms with Gasteiger partial charge in [0.1, 0.15) is 0 Å². The van der Waals surface area contributed by atoms with Crippen molar-refractivity contribution >= 4 is 15.9 Å². The number of nitrogens with two attached hydrogens (primary N) is 1. The molecule has 0 aliphatic carbocycles. The van der Waals surface area contributed by atoms with E-state index in [1.807, 2.05) is 18.3 Å². The minimum Gasteiger partial charge on any atom is -0.327 e. The molecular weight excluding hydrogens is 288 g/mol. The summed E-state index contributed by atoms with van der Waals surface area (Å²) in [4.78, 5) is 4.35. The Bertz CT molecular complexity index is 443. The number of pyridine rings is 1. The second-order valence-corrected chi connectivity index (χ2v) is 5.54. The number of halogens is 1. The quantitative estimate of drug-likeness (QED) is 0.941. The number of aryl methyl sites for hydroxylation is 1. The highest BCUT2D eigenvalue weighted by atomic mass is 79.9. The van der Waals surface area contributed by atoms with Crippen LogP contribution >= 0.6 is 15.9 Å². The molecule has 0 spiro atoms. The number of hydrogen-bond donors (Lipinski definition) is 1. The van der Waals surface area contributed by atoms with Crippen molar-refractivity contribution in [3.63, 3.8) is 0 Å². The van der Waals surface area contributed by atoms with Crippen LogP contribution in [0.15, 0.2) is 47.1 Å². The van der Waals surface area contributed by atoms with Crippen LogP contribution < -0.4 is 5.73 Å². The van der Waals surface area contributed by atoms with Gasteiger partial charge in [0.15, 0.2) is 0 Å². The zero-order valence-electron chi connectivity index (χ0n) is 10.4. The molecule has 0 bridgehead atoms. The van der Waals surface area contributed by atoms with E-state index in [-0.39, 0.29) is 6.04 Å². The minimum absolute atomic E-state index is 0.112. The predicted octanol–water partition coefficient (Wildman–Crippen LogP) is 3.27. The molecule has 2 aromatic rings. The van der Waals surface area contributed by atoms with E-state index in [0.717, 1.165) is 23.0 Å². The summed E-state index contributed by atoms with van der Waals surface area (Å²) in [6.07, 6.45) is 3.51. The maximum atomic E-state index is 6.16. The zero-order chi connectivity index (χ0) is 13.0. The number of aromatic nitrogens is 1. The van der Waals surface area contributed by atoms with Crippen LogP contribution in [-0.2, 0) is 12.8 Å². The topological polar surface area (TPSA) is 38.9 Å². The molecule has 94 valence electrons. The monoisotopic (exact) mass is 304 g/mol. The van der Waals surface area contributed by atoms with Gasteiger partial charge in [0.05, 0.1) is 0 Å². The van der Waals surface area contributed by atoms with E-state index in [1.165, 1.54) is 11.1 Å². The molecule has 0 aliphatic rings. The van der Waals surface area contributed by atoms with Gasteiger partial charge in [-0.05, 0) is 47.0 Å². The van der Waals surface area contributed by atoms with Crippen molar-refractivity contribution in [2.75, 3.05) is 0 Å². The molecule has 0 fully saturated rings. The predicted molar refractivity (Wildman–Crippen MR) is 78.5 cm³/mol. The van der Waals surface area contributed by atoms with Gasteiger partial charge in [-0.1, -0.05) is 29.8 Å². The summed E-state index contributed by atoms with van der Waals surface area (Å²) in [5, 5.41) is 0. The minimum atomic E-state index is 0.112. The molecule has 0 saturated heterocycles. The van der Waals surface area contributed by atoms with Crippen LogP contribution in [0.3, 0.4) is 0 Å². The Labute approximate surface area is 116 Å². The molecule has 2 nitrogen and oxygen atoms in total. The van der Waals surface area contributed by atoms with Gasteiger partial charge in [-0.15, -0.1) is 0 Å². The van der Waals surface area contributed by atoms with Gasteiger partial charge in [-0.3, -0.25) is 4.98 Å². The third-order valence-corrected chi connectivity index (χ3v) is 3.35. The molecule has 1 aromatic carbocycles. The maximum Gasteiger partial charge on any atom is 0.0420 e. The average Bonchev–Trinajstić information content (AvgIpc) is 2.35. The van der Waals surface area contributed by atoms with Gasteiger partial charge in [0, 0.05) is 28.8 Å². The summed E-state index contributed by atoms with van der Waals surface area (Å²) in [6, 6.07) is 12.7. The Kier molecular flexibility index (Phi) is 4.50. The van der Waals surface area contributed by atoms with Gasteiger partial charge in [-0.25, -0.2) is 0 Å². The highest BCUT2D eigenvalue weighted by molar-refractivity contribution is 9.10. The van der Waals surface area contributed by atoms with Crippen LogP contribution in [0.25, 0.3) is 0 Å². The summed E-state index contributed by atoms with van der Waals surface area (Å²) in [7, 11) is 0. The Morgan fingerprint density at radius 3 is 2.44 bits per heavy atom. The SMILES string of the molecule is Cc1ccc(CC(N)Cc2ccc(Br)cn2)cc1. The van der Waals surface area contributed by atoms with Crippen LogP contribution in [0, 0.1) is 6.92 Å². The molecule has 1 atom stereocenters. The van der Waals surface area contributed by atoms with Gasteiger partial charge in [-0.2, -0.15) is 0 Å². The van der Waals surface area contributed by atoms with Gasteiger partial charge >= 0.3 is 0 Å². The fourth-order valence-corrected chi connectivity index (χ4v) is 2.13. The summed E-state index contributed by atoms with van der Waals surface area (Å²) in [5.74, 6) is 0. The zero-order valence-corrected chi connectivity index (χ0v) is 12.0. The average molecular weight is 305 g/mol. The fraction of sp³-hybridized carbons (Fsp3) is 0.267. The van der Waals surface area contributed by atoms with Gasteiger partial charge in [0.2, 0.25) is 0 Å². The van der Waals surface area contributed by atoms with Crippen molar-refractivity contribution in [2.45, 2.75) is 25.8 Å². The molecule has 1 aromatic heterocycles. The number of benzene rings is 1. The Morgan fingerprint density at radius 2 is 1.83 bits per heavy atom. The molecule has 18 heavy (non-hydrogen) atoms. The lowest BCUT2D eigenvalue weighted by atomic mass is 10.0. The molecule has 0 amide bonds. The molecule has 3 heteroatoms. The van der Waals surface area contributed by atoms with Crippen molar-refractivity contribution < 1.29 is 0 Å². The lowest BCUT2D eigenvalue weighted by Gasteiger charge is -2.11. The Hall–Kier alpha value is -1.19. The third-order valence-electron chi connectivity index (χ3n) is 2.88. The first-order valence-electron chi connectivity index (χ1n) is 6.05. The maximum absolute atomic E-state index is 6.16. The van der Waals surface area contributed by atoms with Crippen molar-refractivity contribution in [1.82, 2.24) is 4.98 Å². The molecule has 1 unspecified atom stereocenters. The van der Waals surface area contributed by atoms with E-state index < -0.39 is 0 Å². The molecular formula is C15H17BrN2. The molecule has 2 rings (SSSR count). The summed E-state index contributed by atoms with van der Waals surface area (Å²) >= 11 is 3.38. The standard InChI is InChI=1S/C15H17BrN2/c1-11-2-4-12(5-3-11)8-14(17)9-15-7-6-13(16)10-18-15/h2-7,10,14H,8-9,17H2,1H3. The molecule has 0 aliphatic heterocycles. The van der Waals surface area contributed by atoms with Crippen LogP contribution in [0.5, 0.6) is 0 Å². The van der Waals surface area contributed by atoms with Crippen molar-refractivity contribution in [3.05, 3.63) is 63.9 Å². The number of hydrogen-bond acceptors (Lipinski definition) is 2. The highest BCUT2D eigenvalue weighted by Gasteiger charge is 2.06. The fourth-order valence-electron chi connectivity index (χ4n) is 1.89. The second kappa shape index (κ2) is 6.12. The van der Waals surface area contributed by atoms with Crippen LogP contribution in [0.2, 0.25) is 0 Å². The number of rotatable bonds is 4. The van der Waals surface area contributed by atoms with Crippen molar-refractivity contribution in [2.24, 2.45) is 5.73 Å². The van der Waals surface area contributed by atoms with Gasteiger partial charge in [0.25, 0.3) is 0 Å². The second-order valence-electron chi connectivity index (χ2n) is 4.62. The number of nitrogens with zero attached hydrogens (tertiary/aromatic N) is 1. The van der Waals surface area contributed by atoms with Gasteiger partial charge < -0.3 is 5.73 Å². The molecule has 0 radical (unpaired) electrons. The smallest absolute Gasteiger partial charge is 0.0420 e. The van der Waals surface area contributed by atoms with E-state index in [9.17, 15) is 0 Å². The first-order chi connectivity index (χ1) is 8.63. The van der Waals surface area contributed by atoms with Crippen LogP contribution in [0.1, 0.15) is 16.8 Å². The van der Waals surface area contributed by atoms with Crippen LogP contribution in [-0.4, -0.2) is 11.0 Å².